The van der Waals surface area contributed by atoms with Gasteiger partial charge in [0, 0.05) is 19.6 Å². The molecule has 1 saturated carbocycles. The van der Waals surface area contributed by atoms with Crippen molar-refractivity contribution in [3.63, 3.8) is 0 Å². The van der Waals surface area contributed by atoms with Crippen LogP contribution < -0.4 is 0 Å². The molecule has 0 aromatic heterocycles. The third kappa shape index (κ3) is 6.50. The Morgan fingerprint density at radius 3 is 2.60 bits per heavy atom. The second-order valence-electron chi connectivity index (χ2n) is 4.43. The molecule has 1 N–H and O–H groups in total. The lowest BCUT2D eigenvalue weighted by atomic mass is 10.1. The molecule has 88 valence electrons. The second kappa shape index (κ2) is 7.69. The van der Waals surface area contributed by atoms with Crippen molar-refractivity contribution in [3.05, 3.63) is 0 Å². The topological polar surface area (TPSA) is 46.5 Å². The predicted octanol–water partition coefficient (Wildman–Crippen LogP) is 2.84. The summed E-state index contributed by atoms with van der Waals surface area (Å²) in [6.07, 6.45) is 8.44. The number of carbonyl (C=O) groups is 1. The molecule has 15 heavy (non-hydrogen) atoms. The zero-order chi connectivity index (χ0) is 10.9. The van der Waals surface area contributed by atoms with E-state index >= 15 is 0 Å². The molecule has 0 aliphatic heterocycles. The zero-order valence-corrected chi connectivity index (χ0v) is 9.41. The van der Waals surface area contributed by atoms with E-state index in [9.17, 15) is 4.79 Å². The smallest absolute Gasteiger partial charge is 0.303 e. The molecule has 0 atom stereocenters. The molecule has 0 saturated heterocycles. The van der Waals surface area contributed by atoms with Gasteiger partial charge in [0.05, 0.1) is 0 Å². The number of hydrogen-bond donors (Lipinski definition) is 1. The minimum atomic E-state index is -0.693. The standard InChI is InChI=1S/C12H22O3/c13-12(14)8-2-1-5-9-15-10-11-6-3-4-7-11/h11H,1-10H2,(H,13,14). The SMILES string of the molecule is O=C(O)CCCCCOCC1CCCC1. The number of carboxylic acid groups (broad SMARTS) is 1. The van der Waals surface area contributed by atoms with Crippen LogP contribution in [0.4, 0.5) is 0 Å². The van der Waals surface area contributed by atoms with E-state index < -0.39 is 5.97 Å². The number of unbranched alkanes of at least 4 members (excludes halogenated alkanes) is 2. The number of ether oxygens (including phenoxy) is 1. The quantitative estimate of drug-likeness (QED) is 0.632. The van der Waals surface area contributed by atoms with Crippen molar-refractivity contribution >= 4 is 5.97 Å². The van der Waals surface area contributed by atoms with Crippen LogP contribution in [-0.4, -0.2) is 24.3 Å². The maximum absolute atomic E-state index is 10.2. The number of carboxylic acids is 1. The molecular formula is C12H22O3. The summed E-state index contributed by atoms with van der Waals surface area (Å²) >= 11 is 0. The minimum absolute atomic E-state index is 0.294. The summed E-state index contributed by atoms with van der Waals surface area (Å²) in [5, 5.41) is 8.43. The van der Waals surface area contributed by atoms with Crippen LogP contribution in [-0.2, 0) is 9.53 Å². The molecule has 0 aromatic rings. The highest BCUT2D eigenvalue weighted by Crippen LogP contribution is 2.24. The number of hydrogen-bond acceptors (Lipinski definition) is 2. The summed E-state index contributed by atoms with van der Waals surface area (Å²) in [5.41, 5.74) is 0. The Morgan fingerprint density at radius 1 is 1.20 bits per heavy atom. The lowest BCUT2D eigenvalue weighted by molar-refractivity contribution is -0.137. The molecule has 0 aromatic carbocycles. The average Bonchev–Trinajstić information content (AvgIpc) is 2.68. The Kier molecular flexibility index (Phi) is 6.41. The first-order chi connectivity index (χ1) is 7.29. The molecule has 3 heteroatoms. The summed E-state index contributed by atoms with van der Waals surface area (Å²) in [5.74, 6) is 0.103. The summed E-state index contributed by atoms with van der Waals surface area (Å²) in [6, 6.07) is 0. The lowest BCUT2D eigenvalue weighted by Crippen LogP contribution is -2.06. The Balaban J connectivity index is 1.78. The summed E-state index contributed by atoms with van der Waals surface area (Å²) in [6.45, 7) is 1.72. The summed E-state index contributed by atoms with van der Waals surface area (Å²) in [7, 11) is 0. The van der Waals surface area contributed by atoms with E-state index in [1.165, 1.54) is 25.7 Å². The van der Waals surface area contributed by atoms with Gasteiger partial charge in [0.1, 0.15) is 0 Å². The molecule has 1 aliphatic carbocycles. The highest BCUT2D eigenvalue weighted by Gasteiger charge is 2.14. The Morgan fingerprint density at radius 2 is 1.93 bits per heavy atom. The van der Waals surface area contributed by atoms with E-state index in [4.69, 9.17) is 9.84 Å². The molecule has 0 heterocycles. The predicted molar refractivity (Wildman–Crippen MR) is 58.9 cm³/mol. The van der Waals surface area contributed by atoms with Crippen LogP contribution in [0, 0.1) is 5.92 Å². The molecule has 0 spiro atoms. The molecule has 0 radical (unpaired) electrons. The van der Waals surface area contributed by atoms with Crippen molar-refractivity contribution in [3.8, 4) is 0 Å². The van der Waals surface area contributed by atoms with Gasteiger partial charge in [-0.25, -0.2) is 0 Å². The van der Waals surface area contributed by atoms with Crippen LogP contribution in [0.1, 0.15) is 51.4 Å². The first-order valence-electron chi connectivity index (χ1n) is 6.08. The van der Waals surface area contributed by atoms with Crippen LogP contribution in [0.2, 0.25) is 0 Å². The zero-order valence-electron chi connectivity index (χ0n) is 9.41. The molecule has 0 unspecified atom stereocenters. The highest BCUT2D eigenvalue weighted by molar-refractivity contribution is 5.66. The van der Waals surface area contributed by atoms with Gasteiger partial charge in [-0.05, 0) is 31.6 Å². The third-order valence-electron chi connectivity index (χ3n) is 3.01. The van der Waals surface area contributed by atoms with Crippen molar-refractivity contribution in [2.75, 3.05) is 13.2 Å². The van der Waals surface area contributed by atoms with E-state index in [0.717, 1.165) is 38.4 Å². The van der Waals surface area contributed by atoms with Crippen molar-refractivity contribution < 1.29 is 14.6 Å². The molecule has 3 nitrogen and oxygen atoms in total. The van der Waals surface area contributed by atoms with Gasteiger partial charge in [0.15, 0.2) is 0 Å². The molecule has 0 bridgehead atoms. The normalized spacial score (nSPS) is 17.1. The fraction of sp³-hybridized carbons (Fsp3) is 0.917. The van der Waals surface area contributed by atoms with Gasteiger partial charge in [0.25, 0.3) is 0 Å². The number of rotatable bonds is 8. The summed E-state index contributed by atoms with van der Waals surface area (Å²) < 4.78 is 5.58. The second-order valence-corrected chi connectivity index (χ2v) is 4.43. The van der Waals surface area contributed by atoms with Gasteiger partial charge in [-0.15, -0.1) is 0 Å². The van der Waals surface area contributed by atoms with Crippen LogP contribution in [0.5, 0.6) is 0 Å². The van der Waals surface area contributed by atoms with Gasteiger partial charge in [-0.1, -0.05) is 19.3 Å². The molecule has 1 aliphatic rings. The maximum atomic E-state index is 10.2. The Bertz CT molecular complexity index is 174. The first-order valence-corrected chi connectivity index (χ1v) is 6.08. The van der Waals surface area contributed by atoms with E-state index in [1.54, 1.807) is 0 Å². The number of aliphatic carboxylic acids is 1. The van der Waals surface area contributed by atoms with E-state index in [1.807, 2.05) is 0 Å². The highest BCUT2D eigenvalue weighted by atomic mass is 16.5. The van der Waals surface area contributed by atoms with Gasteiger partial charge in [-0.2, -0.15) is 0 Å². The Hall–Kier alpha value is -0.570. The van der Waals surface area contributed by atoms with Crippen molar-refractivity contribution in [1.29, 1.82) is 0 Å². The molecule has 0 amide bonds. The van der Waals surface area contributed by atoms with Crippen LogP contribution >= 0.6 is 0 Å². The van der Waals surface area contributed by atoms with Crippen molar-refractivity contribution in [2.45, 2.75) is 51.4 Å². The van der Waals surface area contributed by atoms with Crippen LogP contribution in [0.25, 0.3) is 0 Å². The van der Waals surface area contributed by atoms with Crippen LogP contribution in [0.15, 0.2) is 0 Å². The van der Waals surface area contributed by atoms with Crippen LogP contribution in [0.3, 0.4) is 0 Å². The fourth-order valence-electron chi connectivity index (χ4n) is 2.08. The average molecular weight is 214 g/mol. The van der Waals surface area contributed by atoms with Crippen molar-refractivity contribution in [1.82, 2.24) is 0 Å². The third-order valence-corrected chi connectivity index (χ3v) is 3.01. The van der Waals surface area contributed by atoms with Gasteiger partial charge in [0.2, 0.25) is 0 Å². The monoisotopic (exact) mass is 214 g/mol. The van der Waals surface area contributed by atoms with E-state index in [-0.39, 0.29) is 0 Å². The molecular weight excluding hydrogens is 192 g/mol. The van der Waals surface area contributed by atoms with Crippen molar-refractivity contribution in [2.24, 2.45) is 5.92 Å². The maximum Gasteiger partial charge on any atom is 0.303 e. The summed E-state index contributed by atoms with van der Waals surface area (Å²) in [4.78, 5) is 10.2. The molecule has 1 fully saturated rings. The molecule has 1 rings (SSSR count). The van der Waals surface area contributed by atoms with Gasteiger partial charge in [-0.3, -0.25) is 4.79 Å². The van der Waals surface area contributed by atoms with E-state index in [0.29, 0.717) is 6.42 Å². The van der Waals surface area contributed by atoms with E-state index in [2.05, 4.69) is 0 Å². The minimum Gasteiger partial charge on any atom is -0.481 e. The largest absolute Gasteiger partial charge is 0.481 e. The van der Waals surface area contributed by atoms with Gasteiger partial charge < -0.3 is 9.84 Å². The fourth-order valence-corrected chi connectivity index (χ4v) is 2.08. The van der Waals surface area contributed by atoms with Gasteiger partial charge >= 0.3 is 5.97 Å². The Labute approximate surface area is 91.8 Å². The lowest BCUT2D eigenvalue weighted by Gasteiger charge is -2.09. The first kappa shape index (κ1) is 12.5.